The molecule has 6 heteroatoms. The van der Waals surface area contributed by atoms with Crippen LogP contribution in [0.25, 0.3) is 0 Å². The standard InChI is InChI=1S/C13H19NO4S/c1-3-9-18-11-5-4-6-12(13(11)14(16)17)19-10(2)7-8-15/h4-6,10,15H,3,7-9H2,1-2H3. The molecule has 1 atom stereocenters. The minimum atomic E-state index is -0.404. The van der Waals surface area contributed by atoms with Gasteiger partial charge in [-0.1, -0.05) is 19.9 Å². The van der Waals surface area contributed by atoms with Crippen molar-refractivity contribution in [1.82, 2.24) is 0 Å². The Labute approximate surface area is 117 Å². The zero-order chi connectivity index (χ0) is 14.3. The first-order chi connectivity index (χ1) is 9.10. The molecule has 1 aromatic rings. The number of nitrogens with zero attached hydrogens (tertiary/aromatic N) is 1. The Morgan fingerprint density at radius 1 is 1.53 bits per heavy atom. The van der Waals surface area contributed by atoms with E-state index in [1.165, 1.54) is 11.8 Å². The number of hydrogen-bond acceptors (Lipinski definition) is 5. The van der Waals surface area contributed by atoms with Gasteiger partial charge in [0.05, 0.1) is 16.4 Å². The van der Waals surface area contributed by atoms with Gasteiger partial charge in [-0.25, -0.2) is 0 Å². The fourth-order valence-corrected chi connectivity index (χ4v) is 2.66. The number of benzene rings is 1. The molecular formula is C13H19NO4S. The van der Waals surface area contributed by atoms with Crippen LogP contribution >= 0.6 is 11.8 Å². The Kier molecular flexibility index (Phi) is 6.66. The second-order valence-corrected chi connectivity index (χ2v) is 5.63. The molecule has 0 aliphatic rings. The summed E-state index contributed by atoms with van der Waals surface area (Å²) in [5, 5.41) is 20.2. The van der Waals surface area contributed by atoms with Crippen LogP contribution in [-0.2, 0) is 0 Å². The maximum Gasteiger partial charge on any atom is 0.324 e. The first-order valence-corrected chi connectivity index (χ1v) is 7.15. The molecule has 0 fully saturated rings. The van der Waals surface area contributed by atoms with E-state index in [0.29, 0.717) is 23.7 Å². The maximum absolute atomic E-state index is 11.2. The molecule has 0 saturated heterocycles. The summed E-state index contributed by atoms with van der Waals surface area (Å²) in [6.07, 6.45) is 1.40. The van der Waals surface area contributed by atoms with Crippen molar-refractivity contribution in [2.45, 2.75) is 36.8 Å². The van der Waals surface area contributed by atoms with Crippen molar-refractivity contribution in [1.29, 1.82) is 0 Å². The Balaban J connectivity index is 2.99. The normalized spacial score (nSPS) is 12.2. The minimum absolute atomic E-state index is 0.0192. The second-order valence-electron chi connectivity index (χ2n) is 4.15. The lowest BCUT2D eigenvalue weighted by Gasteiger charge is -2.12. The molecular weight excluding hydrogens is 266 g/mol. The molecule has 106 valence electrons. The van der Waals surface area contributed by atoms with Gasteiger partial charge >= 0.3 is 5.69 Å². The van der Waals surface area contributed by atoms with E-state index in [-0.39, 0.29) is 17.5 Å². The van der Waals surface area contributed by atoms with Crippen molar-refractivity contribution in [2.24, 2.45) is 0 Å². The van der Waals surface area contributed by atoms with E-state index in [1.54, 1.807) is 18.2 Å². The van der Waals surface area contributed by atoms with Gasteiger partial charge in [0.1, 0.15) is 0 Å². The molecule has 1 N–H and O–H groups in total. The lowest BCUT2D eigenvalue weighted by atomic mass is 10.3. The summed E-state index contributed by atoms with van der Waals surface area (Å²) in [5.41, 5.74) is 0.0192. The van der Waals surface area contributed by atoms with Crippen molar-refractivity contribution in [3.63, 3.8) is 0 Å². The molecule has 0 heterocycles. The van der Waals surface area contributed by atoms with Crippen molar-refractivity contribution in [3.8, 4) is 5.75 Å². The molecule has 0 amide bonds. The quantitative estimate of drug-likeness (QED) is 0.451. The molecule has 0 aliphatic carbocycles. The van der Waals surface area contributed by atoms with Gasteiger partial charge in [-0.05, 0) is 25.0 Å². The first-order valence-electron chi connectivity index (χ1n) is 6.27. The van der Waals surface area contributed by atoms with E-state index in [9.17, 15) is 10.1 Å². The Hall–Kier alpha value is -1.27. The van der Waals surface area contributed by atoms with Crippen LogP contribution < -0.4 is 4.74 Å². The second kappa shape index (κ2) is 8.01. The number of nitro benzene ring substituents is 1. The highest BCUT2D eigenvalue weighted by Gasteiger charge is 2.22. The molecule has 0 spiro atoms. The van der Waals surface area contributed by atoms with E-state index in [1.807, 2.05) is 13.8 Å². The third-order valence-electron chi connectivity index (χ3n) is 2.47. The molecule has 0 aliphatic heterocycles. The zero-order valence-corrected chi connectivity index (χ0v) is 12.0. The van der Waals surface area contributed by atoms with Crippen molar-refractivity contribution in [3.05, 3.63) is 28.3 Å². The Morgan fingerprint density at radius 2 is 2.26 bits per heavy atom. The fraction of sp³-hybridized carbons (Fsp3) is 0.538. The highest BCUT2D eigenvalue weighted by Crippen LogP contribution is 2.39. The lowest BCUT2D eigenvalue weighted by Crippen LogP contribution is -2.03. The topological polar surface area (TPSA) is 72.6 Å². The van der Waals surface area contributed by atoms with Gasteiger partial charge in [-0.15, -0.1) is 11.8 Å². The van der Waals surface area contributed by atoms with Crippen LogP contribution in [0.2, 0.25) is 0 Å². The monoisotopic (exact) mass is 285 g/mol. The number of ether oxygens (including phenoxy) is 1. The summed E-state index contributed by atoms with van der Waals surface area (Å²) in [5.74, 6) is 0.313. The molecule has 19 heavy (non-hydrogen) atoms. The van der Waals surface area contributed by atoms with Crippen LogP contribution in [0.15, 0.2) is 23.1 Å². The van der Waals surface area contributed by atoms with Crippen molar-refractivity contribution < 1.29 is 14.8 Å². The van der Waals surface area contributed by atoms with E-state index in [2.05, 4.69) is 0 Å². The largest absolute Gasteiger partial charge is 0.487 e. The van der Waals surface area contributed by atoms with E-state index in [4.69, 9.17) is 9.84 Å². The molecule has 0 bridgehead atoms. The van der Waals surface area contributed by atoms with Crippen LogP contribution in [0.1, 0.15) is 26.7 Å². The molecule has 1 aromatic carbocycles. The van der Waals surface area contributed by atoms with Gasteiger partial charge in [0, 0.05) is 11.9 Å². The van der Waals surface area contributed by atoms with Crippen LogP contribution in [0.4, 0.5) is 5.69 Å². The first kappa shape index (κ1) is 15.8. The lowest BCUT2D eigenvalue weighted by molar-refractivity contribution is -0.388. The third-order valence-corrected chi connectivity index (χ3v) is 3.69. The van der Waals surface area contributed by atoms with E-state index < -0.39 is 4.92 Å². The highest BCUT2D eigenvalue weighted by molar-refractivity contribution is 8.00. The van der Waals surface area contributed by atoms with Gasteiger partial charge in [0.15, 0.2) is 5.75 Å². The minimum Gasteiger partial charge on any atom is -0.487 e. The van der Waals surface area contributed by atoms with Crippen LogP contribution in [-0.4, -0.2) is 28.5 Å². The molecule has 1 unspecified atom stereocenters. The average molecular weight is 285 g/mol. The van der Waals surface area contributed by atoms with Crippen molar-refractivity contribution >= 4 is 17.4 Å². The van der Waals surface area contributed by atoms with Gasteiger partial charge in [0.2, 0.25) is 0 Å². The van der Waals surface area contributed by atoms with E-state index >= 15 is 0 Å². The number of aliphatic hydroxyl groups is 1. The molecule has 0 radical (unpaired) electrons. The summed E-state index contributed by atoms with van der Waals surface area (Å²) >= 11 is 1.39. The molecule has 0 aromatic heterocycles. The summed E-state index contributed by atoms with van der Waals surface area (Å²) < 4.78 is 5.43. The van der Waals surface area contributed by atoms with Gasteiger partial charge in [0.25, 0.3) is 0 Å². The number of rotatable bonds is 8. The third kappa shape index (κ3) is 4.72. The number of nitro groups is 1. The fourth-order valence-electron chi connectivity index (χ4n) is 1.56. The summed E-state index contributed by atoms with van der Waals surface area (Å²) in [4.78, 5) is 11.4. The number of aliphatic hydroxyl groups excluding tert-OH is 1. The summed E-state index contributed by atoms with van der Waals surface area (Å²) in [6, 6.07) is 5.09. The van der Waals surface area contributed by atoms with Crippen LogP contribution in [0.3, 0.4) is 0 Å². The van der Waals surface area contributed by atoms with Crippen LogP contribution in [0, 0.1) is 10.1 Å². The number of para-hydroxylation sites is 1. The molecule has 5 nitrogen and oxygen atoms in total. The Bertz CT molecular complexity index is 425. The van der Waals surface area contributed by atoms with Crippen LogP contribution in [0.5, 0.6) is 5.75 Å². The van der Waals surface area contributed by atoms with E-state index in [0.717, 1.165) is 6.42 Å². The molecule has 1 rings (SSSR count). The SMILES string of the molecule is CCCOc1cccc(SC(C)CCO)c1[N+](=O)[O-]. The Morgan fingerprint density at radius 3 is 2.84 bits per heavy atom. The van der Waals surface area contributed by atoms with Gasteiger partial charge < -0.3 is 9.84 Å². The number of hydrogen-bond donors (Lipinski definition) is 1. The molecule has 0 saturated carbocycles. The smallest absolute Gasteiger partial charge is 0.324 e. The van der Waals surface area contributed by atoms with Crippen molar-refractivity contribution in [2.75, 3.05) is 13.2 Å². The van der Waals surface area contributed by atoms with Gasteiger partial charge in [-0.2, -0.15) is 0 Å². The zero-order valence-electron chi connectivity index (χ0n) is 11.2. The predicted molar refractivity (Wildman–Crippen MR) is 75.9 cm³/mol. The summed E-state index contributed by atoms with van der Waals surface area (Å²) in [7, 11) is 0. The number of thioether (sulfide) groups is 1. The summed E-state index contributed by atoms with van der Waals surface area (Å²) in [6.45, 7) is 4.42. The van der Waals surface area contributed by atoms with Gasteiger partial charge in [-0.3, -0.25) is 10.1 Å². The average Bonchev–Trinajstić information content (AvgIpc) is 2.36. The predicted octanol–water partition coefficient (Wildman–Crippen LogP) is 3.25. The maximum atomic E-state index is 11.2. The highest BCUT2D eigenvalue weighted by atomic mass is 32.2.